The van der Waals surface area contributed by atoms with Crippen molar-refractivity contribution in [3.63, 3.8) is 0 Å². The molecule has 90 valence electrons. The van der Waals surface area contributed by atoms with Gasteiger partial charge in [-0.3, -0.25) is 0 Å². The summed E-state index contributed by atoms with van der Waals surface area (Å²) in [5.74, 6) is 0. The first-order chi connectivity index (χ1) is 7.54. The molecule has 1 heterocycles. The number of thiazole rings is 1. The van der Waals surface area contributed by atoms with Crippen LogP contribution in [0.4, 0.5) is 0 Å². The first kappa shape index (κ1) is 13.4. The molecule has 0 aliphatic heterocycles. The highest BCUT2D eigenvalue weighted by molar-refractivity contribution is 7.11. The molecule has 0 aliphatic carbocycles. The summed E-state index contributed by atoms with van der Waals surface area (Å²) in [4.78, 5) is 5.85. The Hall–Kier alpha value is -0.670. The van der Waals surface area contributed by atoms with Crippen LogP contribution in [-0.4, -0.2) is 11.5 Å². The molecule has 0 radical (unpaired) electrons. The van der Waals surface area contributed by atoms with E-state index in [2.05, 4.69) is 51.0 Å². The van der Waals surface area contributed by atoms with E-state index in [1.165, 1.54) is 10.5 Å². The quantitative estimate of drug-likeness (QED) is 0.790. The van der Waals surface area contributed by atoms with Gasteiger partial charge in [-0.2, -0.15) is 0 Å². The van der Waals surface area contributed by atoms with Crippen LogP contribution < -0.4 is 5.32 Å². The molecule has 0 amide bonds. The second-order valence-corrected chi connectivity index (χ2v) is 5.59. The average Bonchev–Trinajstić information content (AvgIpc) is 2.52. The van der Waals surface area contributed by atoms with Crippen molar-refractivity contribution >= 4 is 11.3 Å². The van der Waals surface area contributed by atoms with Crippen molar-refractivity contribution in [3.8, 4) is 0 Å². The van der Waals surface area contributed by atoms with Crippen LogP contribution in [-0.2, 0) is 0 Å². The highest BCUT2D eigenvalue weighted by atomic mass is 32.1. The topological polar surface area (TPSA) is 24.9 Å². The normalized spacial score (nSPS) is 12.6. The van der Waals surface area contributed by atoms with E-state index in [0.717, 1.165) is 23.7 Å². The Balaban J connectivity index is 2.91. The number of rotatable bonds is 5. The van der Waals surface area contributed by atoms with E-state index in [1.54, 1.807) is 11.3 Å². The van der Waals surface area contributed by atoms with E-state index >= 15 is 0 Å². The summed E-state index contributed by atoms with van der Waals surface area (Å²) in [5, 5.41) is 4.72. The van der Waals surface area contributed by atoms with Gasteiger partial charge in [-0.1, -0.05) is 18.6 Å². The summed E-state index contributed by atoms with van der Waals surface area (Å²) in [6.07, 6.45) is 3.44. The lowest BCUT2D eigenvalue weighted by Crippen LogP contribution is -2.20. The van der Waals surface area contributed by atoms with Gasteiger partial charge in [0.15, 0.2) is 0 Å². The Morgan fingerprint density at radius 1 is 1.44 bits per heavy atom. The van der Waals surface area contributed by atoms with Crippen molar-refractivity contribution in [1.29, 1.82) is 0 Å². The molecule has 0 spiro atoms. The van der Waals surface area contributed by atoms with Crippen molar-refractivity contribution in [1.82, 2.24) is 10.3 Å². The summed E-state index contributed by atoms with van der Waals surface area (Å²) in [6, 6.07) is 0.330. The minimum Gasteiger partial charge on any atom is -0.306 e. The van der Waals surface area contributed by atoms with E-state index in [9.17, 15) is 0 Å². The fourth-order valence-electron chi connectivity index (χ4n) is 1.70. The minimum atomic E-state index is 0.330. The number of aromatic nitrogens is 1. The van der Waals surface area contributed by atoms with E-state index < -0.39 is 0 Å². The number of nitrogens with zero attached hydrogens (tertiary/aromatic N) is 1. The molecule has 0 aliphatic rings. The predicted molar refractivity (Wildman–Crippen MR) is 72.1 cm³/mol. The molecular weight excluding hydrogens is 216 g/mol. The van der Waals surface area contributed by atoms with Gasteiger partial charge in [0.05, 0.1) is 16.7 Å². The second kappa shape index (κ2) is 6.16. The summed E-state index contributed by atoms with van der Waals surface area (Å²) >= 11 is 1.80. The zero-order chi connectivity index (χ0) is 12.1. The third-order valence-electron chi connectivity index (χ3n) is 2.34. The number of nitrogens with one attached hydrogen (secondary N) is 1. The second-order valence-electron chi connectivity index (χ2n) is 4.36. The molecule has 0 bridgehead atoms. The van der Waals surface area contributed by atoms with Crippen molar-refractivity contribution in [2.75, 3.05) is 6.54 Å². The smallest absolute Gasteiger partial charge is 0.0900 e. The third-order valence-corrected chi connectivity index (χ3v) is 3.49. The molecule has 0 saturated heterocycles. The largest absolute Gasteiger partial charge is 0.306 e. The van der Waals surface area contributed by atoms with Gasteiger partial charge >= 0.3 is 0 Å². The molecule has 1 atom stereocenters. The maximum atomic E-state index is 4.50. The zero-order valence-corrected chi connectivity index (χ0v) is 11.7. The summed E-state index contributed by atoms with van der Waals surface area (Å²) in [6.45, 7) is 11.7. The molecule has 2 nitrogen and oxygen atoms in total. The minimum absolute atomic E-state index is 0.330. The average molecular weight is 238 g/mol. The predicted octanol–water partition coefficient (Wildman–Crippen LogP) is 3.77. The van der Waals surface area contributed by atoms with Crippen molar-refractivity contribution < 1.29 is 0 Å². The molecule has 1 unspecified atom stereocenters. The molecule has 0 aromatic carbocycles. The van der Waals surface area contributed by atoms with Gasteiger partial charge in [0.2, 0.25) is 0 Å². The fraction of sp³-hybridized carbons (Fsp3) is 0.615. The molecule has 0 saturated carbocycles. The molecule has 3 heteroatoms. The summed E-state index contributed by atoms with van der Waals surface area (Å²) in [5.41, 5.74) is 2.51. The van der Waals surface area contributed by atoms with E-state index in [0.29, 0.717) is 6.04 Å². The number of hydrogen-bond acceptors (Lipinski definition) is 3. The van der Waals surface area contributed by atoms with Crippen LogP contribution in [0.3, 0.4) is 0 Å². The summed E-state index contributed by atoms with van der Waals surface area (Å²) < 4.78 is 0. The van der Waals surface area contributed by atoms with E-state index in [1.807, 2.05) is 0 Å². The molecule has 1 rings (SSSR count). The third kappa shape index (κ3) is 3.72. The zero-order valence-electron chi connectivity index (χ0n) is 10.9. The van der Waals surface area contributed by atoms with Gasteiger partial charge in [0.1, 0.15) is 0 Å². The first-order valence-electron chi connectivity index (χ1n) is 5.87. The van der Waals surface area contributed by atoms with Crippen molar-refractivity contribution in [3.05, 3.63) is 27.2 Å². The maximum Gasteiger partial charge on any atom is 0.0900 e. The first-order valence-corrected chi connectivity index (χ1v) is 6.68. The Morgan fingerprint density at radius 3 is 2.56 bits per heavy atom. The van der Waals surface area contributed by atoms with Gasteiger partial charge in [0, 0.05) is 4.88 Å². The van der Waals surface area contributed by atoms with Gasteiger partial charge in [-0.05, 0) is 40.7 Å². The highest BCUT2D eigenvalue weighted by Gasteiger charge is 2.14. The van der Waals surface area contributed by atoms with Gasteiger partial charge < -0.3 is 5.32 Å². The molecule has 1 aromatic heterocycles. The van der Waals surface area contributed by atoms with Crippen LogP contribution in [0, 0.1) is 13.8 Å². The molecule has 1 N–H and O–H groups in total. The van der Waals surface area contributed by atoms with Gasteiger partial charge in [-0.25, -0.2) is 4.98 Å². The number of aryl methyl sites for hydroxylation is 2. The monoisotopic (exact) mass is 238 g/mol. The molecule has 1 aromatic rings. The lowest BCUT2D eigenvalue weighted by molar-refractivity contribution is 0.614. The van der Waals surface area contributed by atoms with Crippen molar-refractivity contribution in [2.24, 2.45) is 0 Å². The maximum absolute atomic E-state index is 4.50. The lowest BCUT2D eigenvalue weighted by atomic mass is 10.1. The fourth-order valence-corrected chi connectivity index (χ4v) is 2.67. The van der Waals surface area contributed by atoms with Crippen LogP contribution in [0.2, 0.25) is 0 Å². The number of hydrogen-bond donors (Lipinski definition) is 1. The Bertz CT molecular complexity index is 362. The van der Waals surface area contributed by atoms with Crippen molar-refractivity contribution in [2.45, 2.75) is 47.1 Å². The van der Waals surface area contributed by atoms with Crippen LogP contribution in [0.15, 0.2) is 11.6 Å². The standard InChI is InChI=1S/C13H22N2S/c1-6-7-14-12(8-9(2)3)13-10(4)15-11(5)16-13/h8,12,14H,6-7H2,1-5H3. The Labute approximate surface area is 103 Å². The number of allylic oxidation sites excluding steroid dienone is 1. The Morgan fingerprint density at radius 2 is 2.12 bits per heavy atom. The molecular formula is C13H22N2S. The lowest BCUT2D eigenvalue weighted by Gasteiger charge is -2.14. The van der Waals surface area contributed by atoms with Crippen LogP contribution >= 0.6 is 11.3 Å². The van der Waals surface area contributed by atoms with Gasteiger partial charge in [0.25, 0.3) is 0 Å². The molecule has 16 heavy (non-hydrogen) atoms. The Kier molecular flexibility index (Phi) is 5.16. The van der Waals surface area contributed by atoms with E-state index in [-0.39, 0.29) is 0 Å². The molecule has 0 fully saturated rings. The summed E-state index contributed by atoms with van der Waals surface area (Å²) in [7, 11) is 0. The van der Waals surface area contributed by atoms with Crippen LogP contribution in [0.1, 0.15) is 48.8 Å². The van der Waals surface area contributed by atoms with Crippen LogP contribution in [0.25, 0.3) is 0 Å². The SMILES string of the molecule is CCCNC(C=C(C)C)c1sc(C)nc1C. The van der Waals surface area contributed by atoms with Gasteiger partial charge in [-0.15, -0.1) is 11.3 Å². The van der Waals surface area contributed by atoms with E-state index in [4.69, 9.17) is 0 Å². The highest BCUT2D eigenvalue weighted by Crippen LogP contribution is 2.26. The van der Waals surface area contributed by atoms with Crippen LogP contribution in [0.5, 0.6) is 0 Å².